The summed E-state index contributed by atoms with van der Waals surface area (Å²) in [5.74, 6) is 1.16. The van der Waals surface area contributed by atoms with Crippen LogP contribution in [0.4, 0.5) is 5.82 Å². The van der Waals surface area contributed by atoms with Gasteiger partial charge in [-0.05, 0) is 17.7 Å². The van der Waals surface area contributed by atoms with Gasteiger partial charge in [0.1, 0.15) is 11.4 Å². The van der Waals surface area contributed by atoms with Crippen molar-refractivity contribution in [2.45, 2.75) is 0 Å². The molecule has 2 aromatic heterocycles. The molecule has 0 amide bonds. The highest BCUT2D eigenvalue weighted by molar-refractivity contribution is 5.86. The molecule has 0 bridgehead atoms. The predicted molar refractivity (Wildman–Crippen MR) is 70.4 cm³/mol. The summed E-state index contributed by atoms with van der Waals surface area (Å²) in [5, 5.41) is 17.3. The van der Waals surface area contributed by atoms with Crippen molar-refractivity contribution >= 4 is 5.82 Å². The van der Waals surface area contributed by atoms with Gasteiger partial charge in [-0.3, -0.25) is 5.10 Å². The highest BCUT2D eigenvalue weighted by Gasteiger charge is 2.16. The molecule has 7 heteroatoms. The molecule has 0 unspecified atom stereocenters. The highest BCUT2D eigenvalue weighted by Crippen LogP contribution is 2.34. The summed E-state index contributed by atoms with van der Waals surface area (Å²) in [6.07, 6.45) is 1.61. The smallest absolute Gasteiger partial charge is 0.153 e. The van der Waals surface area contributed by atoms with Gasteiger partial charge < -0.3 is 10.5 Å². The van der Waals surface area contributed by atoms with E-state index in [-0.39, 0.29) is 0 Å². The molecule has 2 heterocycles. The van der Waals surface area contributed by atoms with Crippen molar-refractivity contribution in [2.75, 3.05) is 12.8 Å². The number of H-pyrrole nitrogens is 2. The van der Waals surface area contributed by atoms with Crippen LogP contribution in [0.25, 0.3) is 22.5 Å². The molecule has 1 aromatic carbocycles. The number of hydrogen-bond donors (Lipinski definition) is 3. The van der Waals surface area contributed by atoms with E-state index in [0.29, 0.717) is 11.5 Å². The topological polar surface area (TPSA) is 105 Å². The van der Waals surface area contributed by atoms with Crippen LogP contribution in [-0.4, -0.2) is 32.7 Å². The first-order chi connectivity index (χ1) is 9.29. The molecule has 96 valence electrons. The van der Waals surface area contributed by atoms with Crippen molar-refractivity contribution in [3.05, 3.63) is 30.5 Å². The zero-order valence-corrected chi connectivity index (χ0v) is 10.2. The van der Waals surface area contributed by atoms with Gasteiger partial charge in [0.2, 0.25) is 0 Å². The Morgan fingerprint density at radius 2 is 2.16 bits per heavy atom. The Hall–Kier alpha value is -2.83. The number of hydrogen-bond acceptors (Lipinski definition) is 5. The van der Waals surface area contributed by atoms with Crippen LogP contribution in [0.15, 0.2) is 30.5 Å². The maximum atomic E-state index is 5.93. The molecule has 0 aliphatic carbocycles. The minimum atomic E-state index is 0.409. The lowest BCUT2D eigenvalue weighted by Crippen LogP contribution is -1.90. The van der Waals surface area contributed by atoms with Crippen molar-refractivity contribution < 1.29 is 4.74 Å². The SMILES string of the molecule is COc1cccc(-c2c(N)n[nH]c2-c2cn[nH]n2)c1. The van der Waals surface area contributed by atoms with E-state index in [1.165, 1.54) is 0 Å². The van der Waals surface area contributed by atoms with E-state index in [4.69, 9.17) is 10.5 Å². The number of nitrogens with zero attached hydrogens (tertiary/aromatic N) is 3. The fraction of sp³-hybridized carbons (Fsp3) is 0.0833. The number of aromatic amines is 2. The Bertz CT molecular complexity index is 688. The van der Waals surface area contributed by atoms with Crippen LogP contribution in [0.3, 0.4) is 0 Å². The Balaban J connectivity index is 2.16. The first kappa shape index (κ1) is 11.3. The summed E-state index contributed by atoms with van der Waals surface area (Å²) in [6.45, 7) is 0. The number of ether oxygens (including phenoxy) is 1. The number of methoxy groups -OCH3 is 1. The van der Waals surface area contributed by atoms with Gasteiger partial charge in [-0.1, -0.05) is 12.1 Å². The molecule has 0 spiro atoms. The molecule has 0 radical (unpaired) electrons. The number of nitrogens with one attached hydrogen (secondary N) is 2. The molecule has 0 saturated carbocycles. The molecule has 0 atom stereocenters. The predicted octanol–water partition coefficient (Wildman–Crippen LogP) is 1.45. The lowest BCUT2D eigenvalue weighted by Gasteiger charge is -2.05. The first-order valence-electron chi connectivity index (χ1n) is 5.64. The minimum Gasteiger partial charge on any atom is -0.497 e. The summed E-state index contributed by atoms with van der Waals surface area (Å²) in [4.78, 5) is 0. The second-order valence-electron chi connectivity index (χ2n) is 3.95. The van der Waals surface area contributed by atoms with Gasteiger partial charge >= 0.3 is 0 Å². The number of rotatable bonds is 3. The minimum absolute atomic E-state index is 0.409. The van der Waals surface area contributed by atoms with Gasteiger partial charge in [0.05, 0.1) is 24.6 Å². The van der Waals surface area contributed by atoms with Gasteiger partial charge in [0, 0.05) is 0 Å². The Kier molecular flexibility index (Phi) is 2.64. The van der Waals surface area contributed by atoms with Crippen LogP contribution in [-0.2, 0) is 0 Å². The van der Waals surface area contributed by atoms with Gasteiger partial charge in [-0.2, -0.15) is 20.5 Å². The van der Waals surface area contributed by atoms with Gasteiger partial charge in [-0.25, -0.2) is 0 Å². The van der Waals surface area contributed by atoms with Crippen molar-refractivity contribution in [1.29, 1.82) is 0 Å². The molecule has 3 rings (SSSR count). The Labute approximate surface area is 108 Å². The van der Waals surface area contributed by atoms with E-state index < -0.39 is 0 Å². The quantitative estimate of drug-likeness (QED) is 0.657. The first-order valence-corrected chi connectivity index (χ1v) is 5.64. The third-order valence-electron chi connectivity index (χ3n) is 2.82. The molecule has 7 nitrogen and oxygen atoms in total. The summed E-state index contributed by atoms with van der Waals surface area (Å²) < 4.78 is 5.22. The normalized spacial score (nSPS) is 10.6. The van der Waals surface area contributed by atoms with Crippen LogP contribution in [0, 0.1) is 0 Å². The average Bonchev–Trinajstić information content (AvgIpc) is 3.07. The molecule has 0 fully saturated rings. The van der Waals surface area contributed by atoms with Crippen LogP contribution < -0.4 is 10.5 Å². The van der Waals surface area contributed by atoms with E-state index in [1.807, 2.05) is 24.3 Å². The molecule has 0 aliphatic rings. The van der Waals surface area contributed by atoms with E-state index in [1.54, 1.807) is 13.3 Å². The number of aromatic nitrogens is 5. The second kappa shape index (κ2) is 4.45. The van der Waals surface area contributed by atoms with E-state index in [0.717, 1.165) is 22.6 Å². The van der Waals surface area contributed by atoms with Crippen molar-refractivity contribution in [2.24, 2.45) is 0 Å². The van der Waals surface area contributed by atoms with Crippen molar-refractivity contribution in [3.8, 4) is 28.3 Å². The number of nitrogen functional groups attached to an aromatic ring is 1. The van der Waals surface area contributed by atoms with Gasteiger partial charge in [0.15, 0.2) is 5.82 Å². The fourth-order valence-electron chi connectivity index (χ4n) is 1.93. The zero-order chi connectivity index (χ0) is 13.2. The molecule has 0 aliphatic heterocycles. The molecule has 4 N–H and O–H groups in total. The summed E-state index contributed by atoms with van der Waals surface area (Å²) in [6, 6.07) is 7.60. The van der Waals surface area contributed by atoms with Crippen LogP contribution in [0.5, 0.6) is 5.75 Å². The van der Waals surface area contributed by atoms with Crippen LogP contribution in [0.1, 0.15) is 0 Å². The van der Waals surface area contributed by atoms with E-state index in [9.17, 15) is 0 Å². The number of nitrogens with two attached hydrogens (primary N) is 1. The molecule has 19 heavy (non-hydrogen) atoms. The van der Waals surface area contributed by atoms with E-state index >= 15 is 0 Å². The molecule has 0 saturated heterocycles. The maximum Gasteiger partial charge on any atom is 0.153 e. The Morgan fingerprint density at radius 1 is 1.26 bits per heavy atom. The van der Waals surface area contributed by atoms with Crippen LogP contribution in [0.2, 0.25) is 0 Å². The number of benzene rings is 1. The largest absolute Gasteiger partial charge is 0.497 e. The average molecular weight is 256 g/mol. The third kappa shape index (κ3) is 1.90. The monoisotopic (exact) mass is 256 g/mol. The zero-order valence-electron chi connectivity index (χ0n) is 10.2. The molecular formula is C12H12N6O. The van der Waals surface area contributed by atoms with E-state index in [2.05, 4.69) is 25.6 Å². The second-order valence-corrected chi connectivity index (χ2v) is 3.95. The van der Waals surface area contributed by atoms with Gasteiger partial charge in [-0.15, -0.1) is 0 Å². The fourth-order valence-corrected chi connectivity index (χ4v) is 1.93. The lowest BCUT2D eigenvalue weighted by molar-refractivity contribution is 0.415. The highest BCUT2D eigenvalue weighted by atomic mass is 16.5. The molecule has 3 aromatic rings. The summed E-state index contributed by atoms with van der Waals surface area (Å²) in [5.41, 5.74) is 9.00. The van der Waals surface area contributed by atoms with Crippen molar-refractivity contribution in [3.63, 3.8) is 0 Å². The van der Waals surface area contributed by atoms with Gasteiger partial charge in [0.25, 0.3) is 0 Å². The standard InChI is InChI=1S/C12H12N6O/c1-19-8-4-2-3-7(5-8)10-11(16-17-12(10)13)9-6-14-18-15-9/h2-6H,1H3,(H3,13,16,17)(H,14,15,18). The number of anilines is 1. The molecular weight excluding hydrogens is 244 g/mol. The third-order valence-corrected chi connectivity index (χ3v) is 2.82. The lowest BCUT2D eigenvalue weighted by atomic mass is 10.0. The Morgan fingerprint density at radius 3 is 2.89 bits per heavy atom. The van der Waals surface area contributed by atoms with Crippen molar-refractivity contribution in [1.82, 2.24) is 25.6 Å². The summed E-state index contributed by atoms with van der Waals surface area (Å²) in [7, 11) is 1.62. The summed E-state index contributed by atoms with van der Waals surface area (Å²) >= 11 is 0. The maximum absolute atomic E-state index is 5.93. The van der Waals surface area contributed by atoms with Crippen LogP contribution >= 0.6 is 0 Å².